The normalized spacial score (nSPS) is 15.5. The van der Waals surface area contributed by atoms with E-state index in [-0.39, 0.29) is 18.2 Å². The van der Waals surface area contributed by atoms with E-state index in [2.05, 4.69) is 20.7 Å². The number of nitrogens with zero attached hydrogens (tertiary/aromatic N) is 3. The Labute approximate surface area is 143 Å². The zero-order valence-corrected chi connectivity index (χ0v) is 13.2. The monoisotopic (exact) mass is 333 g/mol. The van der Waals surface area contributed by atoms with Gasteiger partial charge in [0.2, 0.25) is 11.9 Å². The third-order valence-electron chi connectivity index (χ3n) is 3.93. The van der Waals surface area contributed by atoms with Gasteiger partial charge in [-0.15, -0.1) is 5.10 Å². The van der Waals surface area contributed by atoms with Gasteiger partial charge in [-0.3, -0.25) is 14.9 Å². The van der Waals surface area contributed by atoms with Crippen LogP contribution in [0.5, 0.6) is 0 Å². The van der Waals surface area contributed by atoms with Crippen LogP contribution in [0.2, 0.25) is 0 Å². The number of aromatic nitrogens is 3. The van der Waals surface area contributed by atoms with E-state index in [0.29, 0.717) is 17.5 Å². The molecule has 0 saturated heterocycles. The topological polar surface area (TPSA) is 88.9 Å². The van der Waals surface area contributed by atoms with Crippen LogP contribution < -0.4 is 10.6 Å². The van der Waals surface area contributed by atoms with Gasteiger partial charge >= 0.3 is 0 Å². The molecule has 7 heteroatoms. The van der Waals surface area contributed by atoms with Gasteiger partial charge in [-0.2, -0.15) is 4.98 Å². The molecule has 0 unspecified atom stereocenters. The van der Waals surface area contributed by atoms with Gasteiger partial charge in [-0.25, -0.2) is 4.68 Å². The number of hydrogen-bond acceptors (Lipinski definition) is 4. The molecule has 2 amide bonds. The summed E-state index contributed by atoms with van der Waals surface area (Å²) in [6, 6.07) is 17.9. The number of carbonyl (C=O) groups is 2. The summed E-state index contributed by atoms with van der Waals surface area (Å²) in [5, 5.41) is 9.85. The number of benzene rings is 2. The molecule has 124 valence electrons. The van der Waals surface area contributed by atoms with Gasteiger partial charge in [0.1, 0.15) is 6.04 Å². The Bertz CT molecular complexity index is 921. The minimum atomic E-state index is -0.705. The second-order valence-corrected chi connectivity index (χ2v) is 5.69. The lowest BCUT2D eigenvalue weighted by Gasteiger charge is -2.09. The summed E-state index contributed by atoms with van der Waals surface area (Å²) in [5.41, 5.74) is 1.54. The zero-order valence-electron chi connectivity index (χ0n) is 13.2. The second-order valence-electron chi connectivity index (χ2n) is 5.69. The van der Waals surface area contributed by atoms with Crippen LogP contribution in [0.1, 0.15) is 12.5 Å². The lowest BCUT2D eigenvalue weighted by atomic mass is 10.2. The summed E-state index contributed by atoms with van der Waals surface area (Å²) in [6.45, 7) is 0. The number of anilines is 2. The zero-order chi connectivity index (χ0) is 17.2. The third kappa shape index (κ3) is 2.99. The molecule has 1 atom stereocenters. The van der Waals surface area contributed by atoms with Crippen molar-refractivity contribution in [1.29, 1.82) is 0 Å². The molecule has 2 N–H and O–H groups in total. The van der Waals surface area contributed by atoms with Gasteiger partial charge in [-0.1, -0.05) is 48.5 Å². The van der Waals surface area contributed by atoms with Crippen LogP contribution in [0.15, 0.2) is 60.7 Å². The van der Waals surface area contributed by atoms with Gasteiger partial charge in [0.05, 0.1) is 6.42 Å². The van der Waals surface area contributed by atoms with Crippen LogP contribution in [0.3, 0.4) is 0 Å². The maximum absolute atomic E-state index is 12.2. The molecule has 0 bridgehead atoms. The molecule has 1 aliphatic heterocycles. The molecule has 0 spiro atoms. The first-order valence-electron chi connectivity index (χ1n) is 7.88. The summed E-state index contributed by atoms with van der Waals surface area (Å²) in [5.74, 6) is 0.346. The average Bonchev–Trinajstić information content (AvgIpc) is 3.16. The van der Waals surface area contributed by atoms with Crippen LogP contribution in [0.4, 0.5) is 11.6 Å². The molecule has 2 aromatic carbocycles. The van der Waals surface area contributed by atoms with E-state index in [1.807, 2.05) is 48.5 Å². The number of carbonyl (C=O) groups excluding carboxylic acids is 2. The van der Waals surface area contributed by atoms with Crippen molar-refractivity contribution in [3.63, 3.8) is 0 Å². The Kier molecular flexibility index (Phi) is 3.74. The van der Waals surface area contributed by atoms with Crippen LogP contribution in [-0.4, -0.2) is 26.6 Å². The Hall–Kier alpha value is -3.48. The first-order chi connectivity index (χ1) is 12.2. The highest BCUT2D eigenvalue weighted by atomic mass is 16.2. The van der Waals surface area contributed by atoms with E-state index in [4.69, 9.17) is 0 Å². The molecule has 0 fully saturated rings. The minimum absolute atomic E-state index is 0.00861. The fourth-order valence-electron chi connectivity index (χ4n) is 2.73. The highest BCUT2D eigenvalue weighted by Gasteiger charge is 2.35. The number of rotatable bonds is 4. The SMILES string of the molecule is O=C(C[C@@H]1C(=O)Nc2nc(-c3ccccc3)nn21)Nc1ccccc1. The summed E-state index contributed by atoms with van der Waals surface area (Å²) in [4.78, 5) is 28.7. The summed E-state index contributed by atoms with van der Waals surface area (Å²) in [7, 11) is 0. The predicted molar refractivity (Wildman–Crippen MR) is 92.8 cm³/mol. The predicted octanol–water partition coefficient (Wildman–Crippen LogP) is 2.47. The molecular weight excluding hydrogens is 318 g/mol. The van der Waals surface area contributed by atoms with Gasteiger partial charge < -0.3 is 5.32 Å². The maximum atomic E-state index is 12.2. The first-order valence-corrected chi connectivity index (χ1v) is 7.88. The second kappa shape index (κ2) is 6.20. The molecule has 1 aromatic heterocycles. The molecule has 7 nitrogen and oxygen atoms in total. The maximum Gasteiger partial charge on any atom is 0.252 e. The molecule has 4 rings (SSSR count). The fraction of sp³-hybridized carbons (Fsp3) is 0.111. The van der Waals surface area contributed by atoms with E-state index in [1.54, 1.807) is 12.1 Å². The Morgan fingerprint density at radius 3 is 2.48 bits per heavy atom. The lowest BCUT2D eigenvalue weighted by Crippen LogP contribution is -2.23. The largest absolute Gasteiger partial charge is 0.326 e. The highest BCUT2D eigenvalue weighted by Crippen LogP contribution is 2.28. The van der Waals surface area contributed by atoms with Crippen molar-refractivity contribution < 1.29 is 9.59 Å². The van der Waals surface area contributed by atoms with Crippen molar-refractivity contribution in [1.82, 2.24) is 14.8 Å². The highest BCUT2D eigenvalue weighted by molar-refractivity contribution is 6.01. The van der Waals surface area contributed by atoms with Crippen LogP contribution >= 0.6 is 0 Å². The van der Waals surface area contributed by atoms with Gasteiger partial charge in [0.25, 0.3) is 5.91 Å². The smallest absolute Gasteiger partial charge is 0.252 e. The molecule has 2 heterocycles. The van der Waals surface area contributed by atoms with E-state index < -0.39 is 6.04 Å². The summed E-state index contributed by atoms with van der Waals surface area (Å²) < 4.78 is 1.48. The van der Waals surface area contributed by atoms with E-state index >= 15 is 0 Å². The average molecular weight is 333 g/mol. The van der Waals surface area contributed by atoms with Crippen LogP contribution in [0.25, 0.3) is 11.4 Å². The van der Waals surface area contributed by atoms with E-state index in [0.717, 1.165) is 5.56 Å². The van der Waals surface area contributed by atoms with Crippen molar-refractivity contribution in [3.05, 3.63) is 60.7 Å². The number of amides is 2. The quantitative estimate of drug-likeness (QED) is 0.767. The molecule has 1 aliphatic rings. The first kappa shape index (κ1) is 15.1. The van der Waals surface area contributed by atoms with Gasteiger partial charge in [0.15, 0.2) is 5.82 Å². The molecule has 3 aromatic rings. The van der Waals surface area contributed by atoms with Crippen molar-refractivity contribution in [2.45, 2.75) is 12.5 Å². The van der Waals surface area contributed by atoms with Gasteiger partial charge in [-0.05, 0) is 12.1 Å². The van der Waals surface area contributed by atoms with E-state index in [9.17, 15) is 9.59 Å². The van der Waals surface area contributed by atoms with Gasteiger partial charge in [0, 0.05) is 11.3 Å². The number of hydrogen-bond donors (Lipinski definition) is 2. The van der Waals surface area contributed by atoms with Crippen molar-refractivity contribution in [2.75, 3.05) is 10.6 Å². The van der Waals surface area contributed by atoms with Crippen molar-refractivity contribution in [3.8, 4) is 11.4 Å². The fourth-order valence-corrected chi connectivity index (χ4v) is 2.73. The van der Waals surface area contributed by atoms with Crippen molar-refractivity contribution >= 4 is 23.5 Å². The molecule has 0 aliphatic carbocycles. The number of nitrogens with one attached hydrogen (secondary N) is 2. The third-order valence-corrected chi connectivity index (χ3v) is 3.93. The Balaban J connectivity index is 1.53. The minimum Gasteiger partial charge on any atom is -0.326 e. The molecule has 0 saturated carbocycles. The standard InChI is InChI=1S/C18H15N5O2/c24-15(19-13-9-5-2-6-10-13)11-14-17(25)21-18-20-16(22-23(14)18)12-7-3-1-4-8-12/h1-10,14H,11H2,(H,19,24)(H,20,21,22,25)/t14-/m1/s1. The molecule has 0 radical (unpaired) electrons. The summed E-state index contributed by atoms with van der Waals surface area (Å²) >= 11 is 0. The number of fused-ring (bicyclic) bond motifs is 1. The Morgan fingerprint density at radius 2 is 1.76 bits per heavy atom. The van der Waals surface area contributed by atoms with Crippen LogP contribution in [-0.2, 0) is 9.59 Å². The summed E-state index contributed by atoms with van der Waals surface area (Å²) in [6.07, 6.45) is -0.00861. The lowest BCUT2D eigenvalue weighted by molar-refractivity contribution is -0.123. The molecule has 25 heavy (non-hydrogen) atoms. The van der Waals surface area contributed by atoms with Crippen molar-refractivity contribution in [2.24, 2.45) is 0 Å². The number of para-hydroxylation sites is 1. The molecular formula is C18H15N5O2. The van der Waals surface area contributed by atoms with Crippen LogP contribution in [0, 0.1) is 0 Å². The Morgan fingerprint density at radius 1 is 1.08 bits per heavy atom. The van der Waals surface area contributed by atoms with E-state index in [1.165, 1.54) is 4.68 Å².